The highest BCUT2D eigenvalue weighted by Crippen LogP contribution is 2.53. The molecular weight excluding hydrogens is 474 g/mol. The summed E-state index contributed by atoms with van der Waals surface area (Å²) < 4.78 is 10.9. The molecule has 37 heavy (non-hydrogen) atoms. The smallest absolute Gasteiger partial charge is 0.296 e. The summed E-state index contributed by atoms with van der Waals surface area (Å²) in [6, 6.07) is 13.6. The molecule has 0 aromatic heterocycles. The molecule has 1 N–H and O–H groups in total. The second kappa shape index (κ2) is 9.84. The van der Waals surface area contributed by atoms with E-state index in [2.05, 4.69) is 11.5 Å². The van der Waals surface area contributed by atoms with E-state index in [0.29, 0.717) is 62.0 Å². The lowest BCUT2D eigenvalue weighted by Crippen LogP contribution is -2.53. The zero-order chi connectivity index (χ0) is 26.2. The first-order chi connectivity index (χ1) is 17.9. The normalized spacial score (nSPS) is 23.1. The molecule has 1 unspecified atom stereocenters. The number of aliphatic hydroxyl groups is 1. The maximum atomic E-state index is 14.0. The molecule has 0 aliphatic carbocycles. The number of para-hydroxylation sites is 1. The molecule has 2 saturated heterocycles. The van der Waals surface area contributed by atoms with Gasteiger partial charge in [0.2, 0.25) is 0 Å². The van der Waals surface area contributed by atoms with Crippen LogP contribution in [0.25, 0.3) is 5.76 Å². The molecule has 5 rings (SSSR count). The number of ether oxygens (including phenoxy) is 2. The third-order valence-corrected chi connectivity index (χ3v) is 7.18. The van der Waals surface area contributed by atoms with E-state index in [1.54, 1.807) is 61.7 Å². The lowest BCUT2D eigenvalue weighted by Gasteiger charge is -2.36. The van der Waals surface area contributed by atoms with E-state index >= 15 is 0 Å². The number of likely N-dealkylation sites (tertiary alicyclic amines) is 1. The standard InChI is InChI=1S/C28H29N3O6/c1-3-16-37-20-10-8-19(9-11-20)24(32)23-25(33)26(34)31(13-12-30-14-17-36-18-15-30)28(23)21-6-4-5-7-22(21)29(2)27(28)35/h3-11,32H,1,12-18H2,2H3. The Morgan fingerprint density at radius 1 is 1.08 bits per heavy atom. The van der Waals surface area contributed by atoms with Crippen molar-refractivity contribution in [1.82, 2.24) is 9.80 Å². The van der Waals surface area contributed by atoms with Gasteiger partial charge in [0.25, 0.3) is 17.6 Å². The Kier molecular flexibility index (Phi) is 6.57. The van der Waals surface area contributed by atoms with Crippen LogP contribution >= 0.6 is 0 Å². The number of hydrogen-bond acceptors (Lipinski definition) is 7. The molecule has 3 aliphatic heterocycles. The van der Waals surface area contributed by atoms with E-state index < -0.39 is 28.9 Å². The van der Waals surface area contributed by atoms with Gasteiger partial charge in [0.1, 0.15) is 18.1 Å². The van der Waals surface area contributed by atoms with Crippen molar-refractivity contribution >= 4 is 29.0 Å². The number of fused-ring (bicyclic) bond motifs is 2. The Balaban J connectivity index is 1.64. The van der Waals surface area contributed by atoms with Crippen molar-refractivity contribution in [2.45, 2.75) is 5.54 Å². The first kappa shape index (κ1) is 24.7. The second-order valence-electron chi connectivity index (χ2n) is 9.18. The fourth-order valence-electron chi connectivity index (χ4n) is 5.35. The van der Waals surface area contributed by atoms with Crippen molar-refractivity contribution in [3.63, 3.8) is 0 Å². The second-order valence-corrected chi connectivity index (χ2v) is 9.18. The van der Waals surface area contributed by atoms with Gasteiger partial charge in [0.15, 0.2) is 5.54 Å². The van der Waals surface area contributed by atoms with Gasteiger partial charge < -0.3 is 24.4 Å². The number of aliphatic hydroxyl groups excluding tert-OH is 1. The van der Waals surface area contributed by atoms with Gasteiger partial charge in [-0.05, 0) is 30.3 Å². The maximum absolute atomic E-state index is 14.0. The van der Waals surface area contributed by atoms with Crippen LogP contribution < -0.4 is 9.64 Å². The van der Waals surface area contributed by atoms with Crippen LogP contribution in [0.3, 0.4) is 0 Å². The number of anilines is 1. The fourth-order valence-corrected chi connectivity index (χ4v) is 5.35. The van der Waals surface area contributed by atoms with E-state index in [4.69, 9.17) is 9.47 Å². The van der Waals surface area contributed by atoms with Crippen molar-refractivity contribution in [2.24, 2.45) is 0 Å². The number of morpholine rings is 1. The lowest BCUT2D eigenvalue weighted by atomic mass is 9.82. The number of hydrogen-bond donors (Lipinski definition) is 1. The van der Waals surface area contributed by atoms with Gasteiger partial charge in [-0.25, -0.2) is 0 Å². The largest absolute Gasteiger partial charge is 0.507 e. The SMILES string of the molecule is C=CCOc1ccc(C(O)=C2C(=O)C(=O)N(CCN3CCOCC3)C23C(=O)N(C)c2ccccc23)cc1. The number of carbonyl (C=O) groups excluding carboxylic acids is 3. The molecule has 0 radical (unpaired) electrons. The molecule has 192 valence electrons. The van der Waals surface area contributed by atoms with Gasteiger partial charge >= 0.3 is 0 Å². The molecule has 3 aliphatic rings. The summed E-state index contributed by atoms with van der Waals surface area (Å²) >= 11 is 0. The first-order valence-electron chi connectivity index (χ1n) is 12.2. The topological polar surface area (TPSA) is 99.6 Å². The quantitative estimate of drug-likeness (QED) is 0.268. The number of amides is 2. The lowest BCUT2D eigenvalue weighted by molar-refractivity contribution is -0.144. The van der Waals surface area contributed by atoms with Crippen LogP contribution in [0.4, 0.5) is 5.69 Å². The van der Waals surface area contributed by atoms with Crippen LogP contribution in [0.2, 0.25) is 0 Å². The van der Waals surface area contributed by atoms with Crippen molar-refractivity contribution < 1.29 is 29.0 Å². The molecule has 1 spiro atoms. The summed E-state index contributed by atoms with van der Waals surface area (Å²) in [5, 5.41) is 11.5. The number of carbonyl (C=O) groups is 3. The van der Waals surface area contributed by atoms with Gasteiger partial charge in [0.05, 0.1) is 18.8 Å². The monoisotopic (exact) mass is 503 g/mol. The molecule has 1 atom stereocenters. The van der Waals surface area contributed by atoms with Gasteiger partial charge in [-0.15, -0.1) is 0 Å². The Morgan fingerprint density at radius 2 is 1.78 bits per heavy atom. The first-order valence-corrected chi connectivity index (χ1v) is 12.2. The predicted molar refractivity (Wildman–Crippen MR) is 137 cm³/mol. The fraction of sp³-hybridized carbons (Fsp3) is 0.321. The molecule has 2 amide bonds. The average Bonchev–Trinajstić information content (AvgIpc) is 3.29. The number of ketones is 1. The van der Waals surface area contributed by atoms with Crippen molar-refractivity contribution in [3.8, 4) is 5.75 Å². The number of likely N-dealkylation sites (N-methyl/N-ethyl adjacent to an activating group) is 1. The Morgan fingerprint density at radius 3 is 2.49 bits per heavy atom. The molecule has 0 bridgehead atoms. The van der Waals surface area contributed by atoms with Crippen molar-refractivity contribution in [3.05, 3.63) is 77.9 Å². The zero-order valence-electron chi connectivity index (χ0n) is 20.7. The van der Waals surface area contributed by atoms with Crippen LogP contribution in [0.1, 0.15) is 11.1 Å². The summed E-state index contributed by atoms with van der Waals surface area (Å²) in [6.07, 6.45) is 1.62. The third-order valence-electron chi connectivity index (χ3n) is 7.18. The minimum atomic E-state index is -1.76. The highest BCUT2D eigenvalue weighted by molar-refractivity contribution is 6.50. The molecule has 9 nitrogen and oxygen atoms in total. The van der Waals surface area contributed by atoms with E-state index in [-0.39, 0.29) is 12.1 Å². The highest BCUT2D eigenvalue weighted by atomic mass is 16.5. The minimum absolute atomic E-state index is 0.142. The van der Waals surface area contributed by atoms with Crippen LogP contribution in [0.5, 0.6) is 5.75 Å². The molecule has 3 heterocycles. The summed E-state index contributed by atoms with van der Waals surface area (Å²) in [7, 11) is 1.61. The van der Waals surface area contributed by atoms with Crippen LogP contribution in [-0.4, -0.2) is 85.6 Å². The summed E-state index contributed by atoms with van der Waals surface area (Å²) in [5.74, 6) is -1.99. The van der Waals surface area contributed by atoms with Gasteiger partial charge in [0, 0.05) is 50.0 Å². The predicted octanol–water partition coefficient (Wildman–Crippen LogP) is 2.14. The van der Waals surface area contributed by atoms with Crippen molar-refractivity contribution in [1.29, 1.82) is 0 Å². The highest BCUT2D eigenvalue weighted by Gasteiger charge is 2.66. The van der Waals surface area contributed by atoms with E-state index in [9.17, 15) is 19.5 Å². The van der Waals surface area contributed by atoms with E-state index in [1.807, 2.05) is 0 Å². The number of Topliss-reactive ketones (excluding diaryl/α,β-unsaturated/α-hetero) is 1. The zero-order valence-corrected chi connectivity index (χ0v) is 20.7. The Hall–Kier alpha value is -3.95. The Labute approximate surface area is 215 Å². The van der Waals surface area contributed by atoms with Gasteiger partial charge in [-0.3, -0.25) is 19.3 Å². The Bertz CT molecular complexity index is 1280. The molecule has 2 aromatic carbocycles. The van der Waals surface area contributed by atoms with E-state index in [1.165, 1.54) is 9.80 Å². The average molecular weight is 504 g/mol. The minimum Gasteiger partial charge on any atom is -0.507 e. The van der Waals surface area contributed by atoms with Crippen LogP contribution in [0, 0.1) is 0 Å². The molecular formula is C28H29N3O6. The number of benzene rings is 2. The number of rotatable bonds is 7. The van der Waals surface area contributed by atoms with Crippen LogP contribution in [0.15, 0.2) is 66.8 Å². The molecule has 0 saturated carbocycles. The van der Waals surface area contributed by atoms with Crippen LogP contribution in [-0.2, 0) is 24.7 Å². The summed E-state index contributed by atoms with van der Waals surface area (Å²) in [4.78, 5) is 46.0. The van der Waals surface area contributed by atoms with Gasteiger partial charge in [-0.2, -0.15) is 0 Å². The molecule has 2 fully saturated rings. The van der Waals surface area contributed by atoms with Gasteiger partial charge in [-0.1, -0.05) is 30.9 Å². The molecule has 2 aromatic rings. The molecule has 9 heteroatoms. The third kappa shape index (κ3) is 3.91. The van der Waals surface area contributed by atoms with Crippen molar-refractivity contribution in [2.75, 3.05) is 57.9 Å². The number of nitrogens with zero attached hydrogens (tertiary/aromatic N) is 3. The van der Waals surface area contributed by atoms with E-state index in [0.717, 1.165) is 0 Å². The maximum Gasteiger partial charge on any atom is 0.296 e. The summed E-state index contributed by atoms with van der Waals surface area (Å²) in [6.45, 7) is 7.11. The summed E-state index contributed by atoms with van der Waals surface area (Å²) in [5.41, 5.74) is -0.591.